The Balaban J connectivity index is 0.00000121. The van der Waals surface area contributed by atoms with Crippen molar-refractivity contribution in [2.75, 3.05) is 0 Å². The molecule has 12 heavy (non-hydrogen) atoms. The summed E-state index contributed by atoms with van der Waals surface area (Å²) in [5, 5.41) is 4.82. The van der Waals surface area contributed by atoms with Crippen LogP contribution in [0.2, 0.25) is 0 Å². The van der Waals surface area contributed by atoms with Crippen molar-refractivity contribution < 1.29 is 24.9 Å². The quantitative estimate of drug-likeness (QED) is 0.730. The van der Waals surface area contributed by atoms with E-state index < -0.39 is 10.0 Å². The Hall–Kier alpha value is -0.576. The van der Waals surface area contributed by atoms with Gasteiger partial charge < -0.3 is 5.73 Å². The van der Waals surface area contributed by atoms with Gasteiger partial charge in [0, 0.05) is 16.5 Å². The average Bonchev–Trinajstić information content (AvgIpc) is 1.86. The first-order valence-corrected chi connectivity index (χ1v) is 4.39. The Morgan fingerprint density at radius 2 is 1.58 bits per heavy atom. The van der Waals surface area contributed by atoms with Crippen LogP contribution in [-0.2, 0) is 26.5 Å². The molecule has 6 heteroatoms. The van der Waals surface area contributed by atoms with Crippen LogP contribution >= 0.6 is 0 Å². The minimum atomic E-state index is -3.60. The van der Waals surface area contributed by atoms with Crippen LogP contribution in [0.5, 0.6) is 0 Å². The second-order valence-electron chi connectivity index (χ2n) is 2.07. The minimum absolute atomic E-state index is 0. The first-order chi connectivity index (χ1) is 5.00. The Kier molecular flexibility index (Phi) is 3.70. The third-order valence-corrected chi connectivity index (χ3v) is 2.11. The molecule has 0 aliphatic carbocycles. The molecule has 0 saturated heterocycles. The van der Waals surface area contributed by atoms with Crippen molar-refractivity contribution in [1.82, 2.24) is 0 Å². The molecule has 3 N–H and O–H groups in total. The van der Waals surface area contributed by atoms with Gasteiger partial charge in [0.1, 0.15) is 0 Å². The van der Waals surface area contributed by atoms with Gasteiger partial charge in [-0.2, -0.15) is 0 Å². The zero-order valence-electron chi connectivity index (χ0n) is 5.93. The van der Waals surface area contributed by atoms with E-state index in [1.165, 1.54) is 24.3 Å². The fraction of sp³-hybridized carbons (Fsp3) is 0. The number of benzene rings is 1. The van der Waals surface area contributed by atoms with Crippen LogP contribution in [0.25, 0.3) is 5.73 Å². The predicted octanol–water partition coefficient (Wildman–Crippen LogP) is 1.02. The first-order valence-electron chi connectivity index (χ1n) is 2.84. The zero-order chi connectivity index (χ0) is 8.48. The van der Waals surface area contributed by atoms with Crippen molar-refractivity contribution >= 4 is 15.7 Å². The van der Waals surface area contributed by atoms with Gasteiger partial charge in [0.25, 0.3) is 0 Å². The van der Waals surface area contributed by atoms with Gasteiger partial charge in [-0.3, -0.25) is 0 Å². The summed E-state index contributed by atoms with van der Waals surface area (Å²) in [6, 6.07) is 5.36. The SMILES string of the molecule is [NH-]c1ccc(S(N)(=O)=O)cc1.[Ni]. The summed E-state index contributed by atoms with van der Waals surface area (Å²) in [6.45, 7) is 0. The fourth-order valence-corrected chi connectivity index (χ4v) is 1.16. The van der Waals surface area contributed by atoms with E-state index in [1.807, 2.05) is 0 Å². The Labute approximate surface area is 80.9 Å². The average molecular weight is 230 g/mol. The van der Waals surface area contributed by atoms with Crippen LogP contribution in [0.3, 0.4) is 0 Å². The van der Waals surface area contributed by atoms with Crippen LogP contribution in [0.1, 0.15) is 0 Å². The van der Waals surface area contributed by atoms with Gasteiger partial charge in [-0.15, -0.1) is 5.69 Å². The molecule has 0 aliphatic rings. The van der Waals surface area contributed by atoms with Gasteiger partial charge >= 0.3 is 0 Å². The van der Waals surface area contributed by atoms with E-state index in [2.05, 4.69) is 0 Å². The fourth-order valence-electron chi connectivity index (χ4n) is 0.645. The van der Waals surface area contributed by atoms with E-state index in [-0.39, 0.29) is 27.1 Å². The summed E-state index contributed by atoms with van der Waals surface area (Å²) in [5.74, 6) is 0. The maximum absolute atomic E-state index is 10.7. The summed E-state index contributed by atoms with van der Waals surface area (Å²) in [4.78, 5) is 0.0356. The van der Waals surface area contributed by atoms with Crippen LogP contribution in [-0.4, -0.2) is 8.42 Å². The normalized spacial score (nSPS) is 10.4. The molecular weight excluding hydrogens is 223 g/mol. The van der Waals surface area contributed by atoms with E-state index in [4.69, 9.17) is 10.9 Å². The van der Waals surface area contributed by atoms with Crippen molar-refractivity contribution in [2.24, 2.45) is 5.14 Å². The van der Waals surface area contributed by atoms with Crippen LogP contribution in [0.4, 0.5) is 5.69 Å². The number of hydrogen-bond donors (Lipinski definition) is 1. The summed E-state index contributed by atoms with van der Waals surface area (Å²) in [5.41, 5.74) is 7.32. The summed E-state index contributed by atoms with van der Waals surface area (Å²) in [6.07, 6.45) is 0. The number of primary sulfonamides is 1. The van der Waals surface area contributed by atoms with Crippen LogP contribution in [0, 0.1) is 0 Å². The van der Waals surface area contributed by atoms with E-state index in [0.717, 1.165) is 0 Å². The van der Waals surface area contributed by atoms with Gasteiger partial charge in [-0.25, -0.2) is 13.6 Å². The first kappa shape index (κ1) is 11.4. The topological polar surface area (TPSA) is 84.0 Å². The number of sulfonamides is 1. The maximum Gasteiger partial charge on any atom is 0.238 e. The van der Waals surface area contributed by atoms with Crippen molar-refractivity contribution in [1.29, 1.82) is 0 Å². The third kappa shape index (κ3) is 2.81. The van der Waals surface area contributed by atoms with Gasteiger partial charge in [0.2, 0.25) is 10.0 Å². The molecule has 0 bridgehead atoms. The van der Waals surface area contributed by atoms with Crippen molar-refractivity contribution in [3.63, 3.8) is 0 Å². The minimum Gasteiger partial charge on any atom is -0.699 e. The third-order valence-electron chi connectivity index (χ3n) is 1.18. The van der Waals surface area contributed by atoms with Crippen molar-refractivity contribution in [3.05, 3.63) is 30.0 Å². The number of hydrogen-bond acceptors (Lipinski definition) is 2. The monoisotopic (exact) mass is 229 g/mol. The Bertz CT molecular complexity index is 346. The zero-order valence-corrected chi connectivity index (χ0v) is 7.73. The molecule has 0 amide bonds. The van der Waals surface area contributed by atoms with Crippen molar-refractivity contribution in [3.8, 4) is 0 Å². The molecule has 1 aromatic carbocycles. The molecule has 1 aromatic rings. The second-order valence-corrected chi connectivity index (χ2v) is 3.63. The molecule has 0 heterocycles. The molecule has 0 saturated carbocycles. The van der Waals surface area contributed by atoms with Gasteiger partial charge in [-0.1, -0.05) is 12.1 Å². The molecule has 4 nitrogen and oxygen atoms in total. The largest absolute Gasteiger partial charge is 0.699 e. The van der Waals surface area contributed by atoms with Crippen LogP contribution < -0.4 is 5.14 Å². The number of nitrogens with two attached hydrogens (primary N) is 1. The number of nitrogens with one attached hydrogen (secondary N) is 1. The molecule has 0 fully saturated rings. The Morgan fingerprint density at radius 3 is 1.92 bits per heavy atom. The predicted molar refractivity (Wildman–Crippen MR) is 41.8 cm³/mol. The molecule has 70 valence electrons. The second kappa shape index (κ2) is 3.89. The molecule has 1 rings (SSSR count). The summed E-state index contributed by atoms with van der Waals surface area (Å²) < 4.78 is 21.3. The smallest absolute Gasteiger partial charge is 0.238 e. The molecule has 0 radical (unpaired) electrons. The molecule has 0 atom stereocenters. The molecule has 0 unspecified atom stereocenters. The standard InChI is InChI=1S/C6H7N2O2S.Ni/c7-5-1-3-6(4-2-5)11(8,9)10;/h1-4,7H,(H2,8,9,10);/q-1;. The van der Waals surface area contributed by atoms with Gasteiger partial charge in [0.15, 0.2) is 0 Å². The molecule has 0 aliphatic heterocycles. The van der Waals surface area contributed by atoms with Crippen LogP contribution in [0.15, 0.2) is 29.2 Å². The van der Waals surface area contributed by atoms with Gasteiger partial charge in [-0.05, 0) is 12.1 Å². The van der Waals surface area contributed by atoms with E-state index in [9.17, 15) is 8.42 Å². The summed E-state index contributed by atoms with van der Waals surface area (Å²) in [7, 11) is -3.60. The molecular formula is C6H7N2NiO2S-. The molecule has 0 aromatic heterocycles. The maximum atomic E-state index is 10.7. The van der Waals surface area contributed by atoms with Gasteiger partial charge in [0.05, 0.1) is 4.90 Å². The number of rotatable bonds is 1. The van der Waals surface area contributed by atoms with Crippen molar-refractivity contribution in [2.45, 2.75) is 4.90 Å². The van der Waals surface area contributed by atoms with E-state index in [0.29, 0.717) is 0 Å². The van der Waals surface area contributed by atoms with E-state index in [1.54, 1.807) is 0 Å². The molecule has 0 spiro atoms. The summed E-state index contributed by atoms with van der Waals surface area (Å²) >= 11 is 0. The Morgan fingerprint density at radius 1 is 1.17 bits per heavy atom. The van der Waals surface area contributed by atoms with E-state index >= 15 is 0 Å².